The van der Waals surface area contributed by atoms with Gasteiger partial charge in [-0.1, -0.05) is 0 Å². The number of rotatable bonds is 1. The Morgan fingerprint density at radius 1 is 1.62 bits per heavy atom. The number of aryl methyl sites for hydroxylation is 1. The van der Waals surface area contributed by atoms with E-state index in [4.69, 9.17) is 10.7 Å². The van der Waals surface area contributed by atoms with E-state index in [1.54, 1.807) is 0 Å². The molecule has 0 atom stereocenters. The van der Waals surface area contributed by atoms with Gasteiger partial charge in [0.15, 0.2) is 0 Å². The Balaban J connectivity index is 3.50. The van der Waals surface area contributed by atoms with E-state index in [9.17, 15) is 12.8 Å². The highest BCUT2D eigenvalue weighted by molar-refractivity contribution is 9.10. The first-order chi connectivity index (χ1) is 5.82. The molecular formula is C6H4BrClFNO2S. The number of pyridine rings is 1. The molecule has 0 saturated carbocycles. The van der Waals surface area contributed by atoms with Crippen LogP contribution >= 0.6 is 26.6 Å². The Labute approximate surface area is 87.5 Å². The van der Waals surface area contributed by atoms with Crippen molar-refractivity contribution in [3.05, 3.63) is 22.2 Å². The summed E-state index contributed by atoms with van der Waals surface area (Å²) in [5.74, 6) is -0.762. The minimum atomic E-state index is -3.86. The second kappa shape index (κ2) is 3.51. The van der Waals surface area contributed by atoms with Gasteiger partial charge in [-0.2, -0.15) is 4.39 Å². The fourth-order valence-corrected chi connectivity index (χ4v) is 2.38. The molecule has 0 radical (unpaired) electrons. The number of halogens is 3. The summed E-state index contributed by atoms with van der Waals surface area (Å²) < 4.78 is 34.5. The zero-order valence-corrected chi connectivity index (χ0v) is 9.54. The number of hydrogen-bond donors (Lipinski definition) is 0. The molecule has 1 heterocycles. The number of nitrogens with zero attached hydrogens (tertiary/aromatic N) is 1. The van der Waals surface area contributed by atoms with Gasteiger partial charge >= 0.3 is 0 Å². The molecule has 0 aliphatic heterocycles. The molecule has 0 saturated heterocycles. The molecule has 0 spiro atoms. The van der Waals surface area contributed by atoms with Crippen molar-refractivity contribution in [1.29, 1.82) is 0 Å². The predicted octanol–water partition coefficient (Wildman–Crippen LogP) is 2.22. The molecule has 72 valence electrons. The summed E-state index contributed by atoms with van der Waals surface area (Å²) in [6.45, 7) is 1.37. The van der Waals surface area contributed by atoms with E-state index in [-0.39, 0.29) is 15.1 Å². The van der Waals surface area contributed by atoms with Crippen molar-refractivity contribution >= 4 is 35.7 Å². The molecule has 0 aliphatic rings. The molecule has 1 aromatic rings. The Hall–Kier alpha value is -0.200. The van der Waals surface area contributed by atoms with Gasteiger partial charge in [0.2, 0.25) is 5.95 Å². The molecule has 0 unspecified atom stereocenters. The van der Waals surface area contributed by atoms with Crippen LogP contribution in [0.25, 0.3) is 0 Å². The van der Waals surface area contributed by atoms with Crippen LogP contribution in [0.4, 0.5) is 4.39 Å². The normalized spacial score (nSPS) is 11.7. The lowest BCUT2D eigenvalue weighted by molar-refractivity contribution is 0.567. The van der Waals surface area contributed by atoms with Crippen LogP contribution in [0, 0.1) is 12.9 Å². The first-order valence-corrected chi connectivity index (χ1v) is 6.20. The van der Waals surface area contributed by atoms with Crippen molar-refractivity contribution in [3.8, 4) is 0 Å². The van der Waals surface area contributed by atoms with Crippen molar-refractivity contribution in [3.63, 3.8) is 0 Å². The van der Waals surface area contributed by atoms with Gasteiger partial charge in [0.1, 0.15) is 4.90 Å². The minimum Gasteiger partial charge on any atom is -0.223 e. The SMILES string of the molecule is Cc1nc(F)c(Br)cc1S(=O)(=O)Cl. The van der Waals surface area contributed by atoms with Gasteiger partial charge in [0, 0.05) is 10.7 Å². The maximum absolute atomic E-state index is 12.8. The summed E-state index contributed by atoms with van der Waals surface area (Å²) in [4.78, 5) is 3.17. The summed E-state index contributed by atoms with van der Waals surface area (Å²) in [6.07, 6.45) is 0. The molecular weight excluding hydrogens is 284 g/mol. The lowest BCUT2D eigenvalue weighted by Crippen LogP contribution is -1.99. The molecule has 3 nitrogen and oxygen atoms in total. The predicted molar refractivity (Wildman–Crippen MR) is 49.7 cm³/mol. The average Bonchev–Trinajstić information content (AvgIpc) is 1.94. The fourth-order valence-electron chi connectivity index (χ4n) is 0.782. The summed E-state index contributed by atoms with van der Waals surface area (Å²) >= 11 is 2.81. The molecule has 1 aromatic heterocycles. The van der Waals surface area contributed by atoms with E-state index in [0.29, 0.717) is 0 Å². The van der Waals surface area contributed by atoms with E-state index in [1.807, 2.05) is 0 Å². The maximum atomic E-state index is 12.8. The van der Waals surface area contributed by atoms with Crippen molar-refractivity contribution in [2.24, 2.45) is 0 Å². The first-order valence-electron chi connectivity index (χ1n) is 3.09. The monoisotopic (exact) mass is 287 g/mol. The third-order valence-corrected chi connectivity index (χ3v) is 3.33. The van der Waals surface area contributed by atoms with Crippen LogP contribution in [0.1, 0.15) is 5.69 Å². The quantitative estimate of drug-likeness (QED) is 0.588. The largest absolute Gasteiger partial charge is 0.263 e. The van der Waals surface area contributed by atoms with Crippen LogP contribution in [-0.4, -0.2) is 13.4 Å². The topological polar surface area (TPSA) is 47.0 Å². The Morgan fingerprint density at radius 2 is 2.15 bits per heavy atom. The highest BCUT2D eigenvalue weighted by Gasteiger charge is 2.17. The van der Waals surface area contributed by atoms with Crippen LogP contribution in [-0.2, 0) is 9.05 Å². The smallest absolute Gasteiger partial charge is 0.223 e. The molecule has 7 heteroatoms. The van der Waals surface area contributed by atoms with Gasteiger partial charge in [-0.15, -0.1) is 0 Å². The molecule has 0 fully saturated rings. The highest BCUT2D eigenvalue weighted by atomic mass is 79.9. The van der Waals surface area contributed by atoms with Gasteiger partial charge in [0.05, 0.1) is 10.2 Å². The standard InChI is InChI=1S/C6H4BrClFNO2S/c1-3-5(13(8,11)12)2-4(7)6(9)10-3/h2H,1H3. The summed E-state index contributed by atoms with van der Waals surface area (Å²) in [5, 5.41) is 0. The Morgan fingerprint density at radius 3 is 2.62 bits per heavy atom. The van der Waals surface area contributed by atoms with Crippen molar-refractivity contribution in [2.45, 2.75) is 11.8 Å². The minimum absolute atomic E-state index is 0.0303. The van der Waals surface area contributed by atoms with Gasteiger partial charge < -0.3 is 0 Å². The summed E-state index contributed by atoms with van der Waals surface area (Å²) in [6, 6.07) is 1.08. The zero-order chi connectivity index (χ0) is 10.2. The molecule has 0 amide bonds. The van der Waals surface area contributed by atoms with Gasteiger partial charge in [0.25, 0.3) is 9.05 Å². The second-order valence-electron chi connectivity index (χ2n) is 2.28. The van der Waals surface area contributed by atoms with Crippen LogP contribution < -0.4 is 0 Å². The van der Waals surface area contributed by atoms with Crippen molar-refractivity contribution in [2.75, 3.05) is 0 Å². The van der Waals surface area contributed by atoms with Crippen LogP contribution in [0.3, 0.4) is 0 Å². The van der Waals surface area contributed by atoms with Crippen LogP contribution in [0.5, 0.6) is 0 Å². The number of aromatic nitrogens is 1. The fraction of sp³-hybridized carbons (Fsp3) is 0.167. The van der Waals surface area contributed by atoms with Crippen LogP contribution in [0.15, 0.2) is 15.4 Å². The Kier molecular flexibility index (Phi) is 2.94. The zero-order valence-electron chi connectivity index (χ0n) is 6.38. The van der Waals surface area contributed by atoms with Crippen LogP contribution in [0.2, 0.25) is 0 Å². The van der Waals surface area contributed by atoms with E-state index >= 15 is 0 Å². The summed E-state index contributed by atoms with van der Waals surface area (Å²) in [5.41, 5.74) is 0.0377. The highest BCUT2D eigenvalue weighted by Crippen LogP contribution is 2.23. The van der Waals surface area contributed by atoms with Gasteiger partial charge in [-0.3, -0.25) is 0 Å². The molecule has 0 aromatic carbocycles. The van der Waals surface area contributed by atoms with E-state index in [2.05, 4.69) is 20.9 Å². The van der Waals surface area contributed by atoms with E-state index < -0.39 is 15.0 Å². The third kappa shape index (κ3) is 2.38. The molecule has 13 heavy (non-hydrogen) atoms. The average molecular weight is 289 g/mol. The lowest BCUT2D eigenvalue weighted by atomic mass is 10.4. The first kappa shape index (κ1) is 10.9. The van der Waals surface area contributed by atoms with Gasteiger partial charge in [-0.05, 0) is 28.9 Å². The molecule has 1 rings (SSSR count). The second-order valence-corrected chi connectivity index (χ2v) is 5.67. The van der Waals surface area contributed by atoms with Crippen molar-refractivity contribution < 1.29 is 12.8 Å². The Bertz CT molecular complexity index is 448. The lowest BCUT2D eigenvalue weighted by Gasteiger charge is -2.01. The molecule has 0 aliphatic carbocycles. The molecule has 0 bridgehead atoms. The molecule has 0 N–H and O–H groups in total. The van der Waals surface area contributed by atoms with Crippen molar-refractivity contribution in [1.82, 2.24) is 4.98 Å². The van der Waals surface area contributed by atoms with Gasteiger partial charge in [-0.25, -0.2) is 13.4 Å². The maximum Gasteiger partial charge on any atom is 0.263 e. The summed E-state index contributed by atoms with van der Waals surface area (Å²) in [7, 11) is 1.22. The van der Waals surface area contributed by atoms with E-state index in [0.717, 1.165) is 6.07 Å². The van der Waals surface area contributed by atoms with E-state index in [1.165, 1.54) is 6.92 Å². The number of hydrogen-bond acceptors (Lipinski definition) is 3. The third-order valence-electron chi connectivity index (χ3n) is 1.34.